The Labute approximate surface area is 187 Å². The van der Waals surface area contributed by atoms with Crippen molar-refractivity contribution in [2.75, 3.05) is 26.2 Å². The minimum atomic E-state index is -0.339. The molecule has 1 aliphatic rings. The van der Waals surface area contributed by atoms with Gasteiger partial charge in [-0.3, -0.25) is 4.90 Å². The zero-order valence-corrected chi connectivity index (χ0v) is 18.5. The van der Waals surface area contributed by atoms with Crippen LogP contribution in [0.4, 0.5) is 10.5 Å². The molecule has 2 aromatic carbocycles. The summed E-state index contributed by atoms with van der Waals surface area (Å²) in [4.78, 5) is 22.5. The molecule has 0 bridgehead atoms. The summed E-state index contributed by atoms with van der Waals surface area (Å²) in [5, 5.41) is 0.697. The van der Waals surface area contributed by atoms with Gasteiger partial charge in [-0.2, -0.15) is 0 Å². The SMILES string of the molecule is COc1cc2ncnc(Oc3ccc(N(C)C(=O)OC4CCCCC4)cc3)c2cc1OC. The Bertz CT molecular complexity index is 1080. The summed E-state index contributed by atoms with van der Waals surface area (Å²) in [5.41, 5.74) is 1.39. The van der Waals surface area contributed by atoms with E-state index in [0.29, 0.717) is 34.0 Å². The molecule has 1 heterocycles. The number of fused-ring (bicyclic) bond motifs is 1. The van der Waals surface area contributed by atoms with E-state index in [4.69, 9.17) is 18.9 Å². The molecule has 4 rings (SSSR count). The van der Waals surface area contributed by atoms with Crippen molar-refractivity contribution in [3.8, 4) is 23.1 Å². The zero-order valence-electron chi connectivity index (χ0n) is 18.5. The van der Waals surface area contributed by atoms with E-state index >= 15 is 0 Å². The van der Waals surface area contributed by atoms with E-state index in [-0.39, 0.29) is 12.2 Å². The molecule has 3 aromatic rings. The van der Waals surface area contributed by atoms with Crippen LogP contribution in [0.1, 0.15) is 32.1 Å². The minimum Gasteiger partial charge on any atom is -0.493 e. The largest absolute Gasteiger partial charge is 0.493 e. The van der Waals surface area contributed by atoms with Gasteiger partial charge < -0.3 is 18.9 Å². The van der Waals surface area contributed by atoms with Gasteiger partial charge in [-0.25, -0.2) is 14.8 Å². The fourth-order valence-corrected chi connectivity index (χ4v) is 3.80. The normalized spacial score (nSPS) is 14.1. The molecule has 1 aliphatic carbocycles. The predicted octanol–water partition coefficient (Wildman–Crippen LogP) is 5.34. The van der Waals surface area contributed by atoms with E-state index in [0.717, 1.165) is 31.4 Å². The van der Waals surface area contributed by atoms with E-state index in [1.807, 2.05) is 12.1 Å². The van der Waals surface area contributed by atoms with Gasteiger partial charge in [-0.05, 0) is 56.0 Å². The molecule has 0 aliphatic heterocycles. The smallest absolute Gasteiger partial charge is 0.414 e. The van der Waals surface area contributed by atoms with Gasteiger partial charge in [-0.1, -0.05) is 6.42 Å². The molecule has 1 saturated carbocycles. The van der Waals surface area contributed by atoms with Gasteiger partial charge in [-0.15, -0.1) is 0 Å². The summed E-state index contributed by atoms with van der Waals surface area (Å²) >= 11 is 0. The number of rotatable bonds is 6. The van der Waals surface area contributed by atoms with Gasteiger partial charge in [0.2, 0.25) is 5.88 Å². The second-order valence-electron chi connectivity index (χ2n) is 7.70. The number of ether oxygens (including phenoxy) is 4. The number of methoxy groups -OCH3 is 2. The highest BCUT2D eigenvalue weighted by Gasteiger charge is 2.21. The Balaban J connectivity index is 1.48. The van der Waals surface area contributed by atoms with Crippen LogP contribution in [0, 0.1) is 0 Å². The van der Waals surface area contributed by atoms with Crippen molar-refractivity contribution in [3.63, 3.8) is 0 Å². The molecular weight excluding hydrogens is 410 g/mol. The third-order valence-corrected chi connectivity index (χ3v) is 5.64. The molecule has 0 unspecified atom stereocenters. The zero-order chi connectivity index (χ0) is 22.5. The molecule has 1 fully saturated rings. The van der Waals surface area contributed by atoms with Crippen molar-refractivity contribution in [1.29, 1.82) is 0 Å². The highest BCUT2D eigenvalue weighted by Crippen LogP contribution is 2.36. The van der Waals surface area contributed by atoms with Crippen LogP contribution in [0.5, 0.6) is 23.1 Å². The van der Waals surface area contributed by atoms with Gasteiger partial charge >= 0.3 is 6.09 Å². The molecule has 0 N–H and O–H groups in total. The molecule has 0 spiro atoms. The Morgan fingerprint density at radius 1 is 0.969 bits per heavy atom. The fourth-order valence-electron chi connectivity index (χ4n) is 3.80. The number of hydrogen-bond donors (Lipinski definition) is 0. The van der Waals surface area contributed by atoms with Crippen molar-refractivity contribution in [1.82, 2.24) is 9.97 Å². The van der Waals surface area contributed by atoms with Gasteiger partial charge in [0.15, 0.2) is 11.5 Å². The third-order valence-electron chi connectivity index (χ3n) is 5.64. The lowest BCUT2D eigenvalue weighted by atomic mass is 9.98. The first-order valence-corrected chi connectivity index (χ1v) is 10.7. The molecule has 1 aromatic heterocycles. The topological polar surface area (TPSA) is 83.0 Å². The van der Waals surface area contributed by atoms with Crippen LogP contribution >= 0.6 is 0 Å². The standard InChI is InChI=1S/C24H27N3O5/c1-27(24(28)32-17-7-5-4-6-8-17)16-9-11-18(12-10-16)31-23-19-13-21(29-2)22(30-3)14-20(19)25-15-26-23/h9-15,17H,4-8H2,1-3H3. The summed E-state index contributed by atoms with van der Waals surface area (Å²) in [6.07, 6.45) is 6.44. The molecular formula is C24H27N3O5. The number of carbonyl (C=O) groups is 1. The number of nitrogens with zero attached hydrogens (tertiary/aromatic N) is 3. The fraction of sp³-hybridized carbons (Fsp3) is 0.375. The van der Waals surface area contributed by atoms with Crippen LogP contribution in [0.2, 0.25) is 0 Å². The highest BCUT2D eigenvalue weighted by molar-refractivity contribution is 5.88. The van der Waals surface area contributed by atoms with E-state index in [2.05, 4.69) is 9.97 Å². The first-order valence-electron chi connectivity index (χ1n) is 10.7. The average molecular weight is 437 g/mol. The molecule has 168 valence electrons. The van der Waals surface area contributed by atoms with Crippen LogP contribution < -0.4 is 19.1 Å². The summed E-state index contributed by atoms with van der Waals surface area (Å²) < 4.78 is 22.4. The third kappa shape index (κ3) is 4.69. The lowest BCUT2D eigenvalue weighted by Gasteiger charge is -2.25. The van der Waals surface area contributed by atoms with Crippen LogP contribution in [0.15, 0.2) is 42.7 Å². The first kappa shape index (κ1) is 21.7. The summed E-state index contributed by atoms with van der Waals surface area (Å²) in [6.45, 7) is 0. The number of hydrogen-bond acceptors (Lipinski definition) is 7. The predicted molar refractivity (Wildman–Crippen MR) is 121 cm³/mol. The Hall–Kier alpha value is -3.55. The number of amides is 1. The Morgan fingerprint density at radius 3 is 2.34 bits per heavy atom. The summed E-state index contributed by atoms with van der Waals surface area (Å²) in [5.74, 6) is 2.12. The molecule has 0 atom stereocenters. The monoisotopic (exact) mass is 437 g/mol. The maximum absolute atomic E-state index is 12.5. The number of aromatic nitrogens is 2. The summed E-state index contributed by atoms with van der Waals surface area (Å²) in [6, 6.07) is 10.8. The summed E-state index contributed by atoms with van der Waals surface area (Å²) in [7, 11) is 4.85. The molecule has 0 saturated heterocycles. The van der Waals surface area contributed by atoms with Crippen LogP contribution in [-0.4, -0.2) is 43.4 Å². The Kier molecular flexibility index (Phi) is 6.58. The minimum absolute atomic E-state index is 0.0166. The van der Waals surface area contributed by atoms with Gasteiger partial charge in [0.25, 0.3) is 0 Å². The van der Waals surface area contributed by atoms with Gasteiger partial charge in [0, 0.05) is 18.8 Å². The number of carbonyl (C=O) groups excluding carboxylic acids is 1. The average Bonchev–Trinajstić information content (AvgIpc) is 2.84. The first-order chi connectivity index (χ1) is 15.6. The second-order valence-corrected chi connectivity index (χ2v) is 7.70. The van der Waals surface area contributed by atoms with E-state index in [1.165, 1.54) is 17.6 Å². The molecule has 32 heavy (non-hydrogen) atoms. The van der Waals surface area contributed by atoms with Crippen molar-refractivity contribution in [2.45, 2.75) is 38.2 Å². The quantitative estimate of drug-likeness (QED) is 0.514. The maximum Gasteiger partial charge on any atom is 0.414 e. The second kappa shape index (κ2) is 9.72. The molecule has 0 radical (unpaired) electrons. The van der Waals surface area contributed by atoms with Gasteiger partial charge in [0.1, 0.15) is 18.2 Å². The maximum atomic E-state index is 12.5. The van der Waals surface area contributed by atoms with E-state index in [9.17, 15) is 4.79 Å². The van der Waals surface area contributed by atoms with Crippen LogP contribution in [0.3, 0.4) is 0 Å². The van der Waals surface area contributed by atoms with Crippen molar-refractivity contribution >= 4 is 22.7 Å². The van der Waals surface area contributed by atoms with Crippen LogP contribution in [0.25, 0.3) is 10.9 Å². The van der Waals surface area contributed by atoms with Crippen molar-refractivity contribution in [3.05, 3.63) is 42.7 Å². The Morgan fingerprint density at radius 2 is 1.66 bits per heavy atom. The van der Waals surface area contributed by atoms with Crippen molar-refractivity contribution < 1.29 is 23.7 Å². The van der Waals surface area contributed by atoms with E-state index < -0.39 is 0 Å². The number of benzene rings is 2. The molecule has 1 amide bonds. The molecule has 8 heteroatoms. The van der Waals surface area contributed by atoms with Crippen LogP contribution in [-0.2, 0) is 4.74 Å². The number of anilines is 1. The van der Waals surface area contributed by atoms with Crippen molar-refractivity contribution in [2.24, 2.45) is 0 Å². The molecule has 8 nitrogen and oxygen atoms in total. The van der Waals surface area contributed by atoms with Gasteiger partial charge in [0.05, 0.1) is 25.1 Å². The highest BCUT2D eigenvalue weighted by atomic mass is 16.6. The lowest BCUT2D eigenvalue weighted by Crippen LogP contribution is -2.31. The van der Waals surface area contributed by atoms with E-state index in [1.54, 1.807) is 45.5 Å². The lowest BCUT2D eigenvalue weighted by molar-refractivity contribution is 0.0818.